The standard InChI is InChI=1S/C16H31N3O2/c1-15(21-3)8-4-10-19(12-15)11-5-9-16(2,14(17)20)18-13-6-7-13/h13,18H,4-12H2,1-3H3,(H2,17,20). The molecule has 21 heavy (non-hydrogen) atoms. The number of amides is 1. The molecule has 5 nitrogen and oxygen atoms in total. The van der Waals surface area contributed by atoms with E-state index in [0.717, 1.165) is 38.9 Å². The molecule has 3 N–H and O–H groups in total. The minimum atomic E-state index is -0.554. The molecule has 2 atom stereocenters. The first-order valence-electron chi connectivity index (χ1n) is 8.22. The Morgan fingerprint density at radius 2 is 2.24 bits per heavy atom. The summed E-state index contributed by atoms with van der Waals surface area (Å²) in [4.78, 5) is 14.2. The van der Waals surface area contributed by atoms with Crippen molar-refractivity contribution in [2.45, 2.75) is 69.6 Å². The molecule has 1 saturated heterocycles. The first-order valence-corrected chi connectivity index (χ1v) is 8.22. The van der Waals surface area contributed by atoms with Crippen LogP contribution in [0.1, 0.15) is 52.4 Å². The van der Waals surface area contributed by atoms with Crippen molar-refractivity contribution in [2.75, 3.05) is 26.7 Å². The molecule has 5 heteroatoms. The molecule has 122 valence electrons. The van der Waals surface area contributed by atoms with Gasteiger partial charge in [0.2, 0.25) is 5.91 Å². The van der Waals surface area contributed by atoms with Gasteiger partial charge in [0, 0.05) is 19.7 Å². The van der Waals surface area contributed by atoms with Gasteiger partial charge in [-0.25, -0.2) is 0 Å². The lowest BCUT2D eigenvalue weighted by atomic mass is 9.92. The summed E-state index contributed by atoms with van der Waals surface area (Å²) < 4.78 is 5.63. The van der Waals surface area contributed by atoms with E-state index in [9.17, 15) is 4.79 Å². The number of piperidine rings is 1. The molecule has 2 unspecified atom stereocenters. The van der Waals surface area contributed by atoms with Crippen molar-refractivity contribution < 1.29 is 9.53 Å². The monoisotopic (exact) mass is 297 g/mol. The number of carbonyl (C=O) groups excluding carboxylic acids is 1. The van der Waals surface area contributed by atoms with Crippen LogP contribution in [0.4, 0.5) is 0 Å². The van der Waals surface area contributed by atoms with Crippen LogP contribution in [0.3, 0.4) is 0 Å². The van der Waals surface area contributed by atoms with Gasteiger partial charge in [0.25, 0.3) is 0 Å². The van der Waals surface area contributed by atoms with Crippen molar-refractivity contribution in [3.8, 4) is 0 Å². The highest BCUT2D eigenvalue weighted by Crippen LogP contribution is 2.26. The number of primary amides is 1. The topological polar surface area (TPSA) is 67.6 Å². The predicted octanol–water partition coefficient (Wildman–Crippen LogP) is 1.26. The summed E-state index contributed by atoms with van der Waals surface area (Å²) in [5.74, 6) is -0.227. The zero-order valence-corrected chi connectivity index (χ0v) is 13.8. The van der Waals surface area contributed by atoms with Crippen LogP contribution >= 0.6 is 0 Å². The fraction of sp³-hybridized carbons (Fsp3) is 0.938. The molecule has 1 aliphatic carbocycles. The van der Waals surface area contributed by atoms with E-state index in [1.165, 1.54) is 19.3 Å². The second-order valence-corrected chi connectivity index (χ2v) is 7.25. The highest BCUT2D eigenvalue weighted by Gasteiger charge is 2.37. The van der Waals surface area contributed by atoms with E-state index in [4.69, 9.17) is 10.5 Å². The fourth-order valence-electron chi connectivity index (χ4n) is 3.27. The van der Waals surface area contributed by atoms with Gasteiger partial charge in [0.1, 0.15) is 0 Å². The number of nitrogens with one attached hydrogen (secondary N) is 1. The van der Waals surface area contributed by atoms with E-state index in [-0.39, 0.29) is 11.5 Å². The molecule has 0 bridgehead atoms. The van der Waals surface area contributed by atoms with Crippen LogP contribution in [0.25, 0.3) is 0 Å². The Morgan fingerprint density at radius 3 is 2.81 bits per heavy atom. The second-order valence-electron chi connectivity index (χ2n) is 7.25. The molecule has 2 rings (SSSR count). The molecule has 1 heterocycles. The normalized spacial score (nSPS) is 30.0. The molecule has 0 spiro atoms. The number of ether oxygens (including phenoxy) is 1. The van der Waals surface area contributed by atoms with Crippen molar-refractivity contribution in [1.82, 2.24) is 10.2 Å². The molecule has 2 aliphatic rings. The van der Waals surface area contributed by atoms with Gasteiger partial charge in [0.15, 0.2) is 0 Å². The maximum absolute atomic E-state index is 11.7. The molecule has 0 aromatic rings. The molecule has 2 fully saturated rings. The number of nitrogens with two attached hydrogens (primary N) is 1. The van der Waals surface area contributed by atoms with E-state index < -0.39 is 5.54 Å². The van der Waals surface area contributed by atoms with Crippen LogP contribution in [-0.4, -0.2) is 54.7 Å². The average Bonchev–Trinajstić information content (AvgIpc) is 3.22. The average molecular weight is 297 g/mol. The number of hydrogen-bond acceptors (Lipinski definition) is 4. The lowest BCUT2D eigenvalue weighted by Gasteiger charge is -2.40. The Kier molecular flexibility index (Phi) is 5.28. The summed E-state index contributed by atoms with van der Waals surface area (Å²) in [5, 5.41) is 3.41. The first kappa shape index (κ1) is 16.7. The van der Waals surface area contributed by atoms with Crippen LogP contribution in [0.2, 0.25) is 0 Å². The molecule has 0 aromatic carbocycles. The first-order chi connectivity index (χ1) is 9.87. The molecular formula is C16H31N3O2. The van der Waals surface area contributed by atoms with Gasteiger partial charge in [-0.1, -0.05) is 0 Å². The van der Waals surface area contributed by atoms with Crippen LogP contribution in [0.15, 0.2) is 0 Å². The third kappa shape index (κ3) is 4.66. The minimum Gasteiger partial charge on any atom is -0.377 e. The van der Waals surface area contributed by atoms with Gasteiger partial charge in [-0.05, 0) is 65.5 Å². The lowest BCUT2D eigenvalue weighted by Crippen LogP contribution is -2.54. The van der Waals surface area contributed by atoms with Gasteiger partial charge in [-0.3, -0.25) is 4.79 Å². The number of nitrogens with zero attached hydrogens (tertiary/aromatic N) is 1. The molecular weight excluding hydrogens is 266 g/mol. The SMILES string of the molecule is COC1(C)CCCN(CCCC(C)(NC2CC2)C(N)=O)C1. The van der Waals surface area contributed by atoms with Crippen molar-refractivity contribution in [1.29, 1.82) is 0 Å². The highest BCUT2D eigenvalue weighted by molar-refractivity contribution is 5.84. The largest absolute Gasteiger partial charge is 0.377 e. The molecule has 0 aromatic heterocycles. The van der Waals surface area contributed by atoms with Crippen LogP contribution < -0.4 is 11.1 Å². The lowest BCUT2D eigenvalue weighted by molar-refractivity contribution is -0.124. The molecule has 0 radical (unpaired) electrons. The summed E-state index contributed by atoms with van der Waals surface area (Å²) in [7, 11) is 1.80. The van der Waals surface area contributed by atoms with Crippen LogP contribution in [0, 0.1) is 0 Å². The number of rotatable bonds is 8. The number of carbonyl (C=O) groups is 1. The maximum Gasteiger partial charge on any atom is 0.237 e. The molecule has 1 saturated carbocycles. The summed E-state index contributed by atoms with van der Waals surface area (Å²) in [6.07, 6.45) is 6.43. The number of hydrogen-bond donors (Lipinski definition) is 2. The number of methoxy groups -OCH3 is 1. The zero-order valence-electron chi connectivity index (χ0n) is 13.8. The van der Waals surface area contributed by atoms with Gasteiger partial charge >= 0.3 is 0 Å². The highest BCUT2D eigenvalue weighted by atomic mass is 16.5. The summed E-state index contributed by atoms with van der Waals surface area (Å²) in [6, 6.07) is 0.495. The van der Waals surface area contributed by atoms with E-state index in [2.05, 4.69) is 17.1 Å². The Labute approximate surface area is 128 Å². The maximum atomic E-state index is 11.7. The predicted molar refractivity (Wildman–Crippen MR) is 84.1 cm³/mol. The molecule has 1 aliphatic heterocycles. The Hall–Kier alpha value is -0.650. The van der Waals surface area contributed by atoms with Gasteiger partial charge in [0.05, 0.1) is 11.1 Å². The number of likely N-dealkylation sites (tertiary alicyclic amines) is 1. The van der Waals surface area contributed by atoms with Gasteiger partial charge in [-0.2, -0.15) is 0 Å². The quantitative estimate of drug-likeness (QED) is 0.708. The summed E-state index contributed by atoms with van der Waals surface area (Å²) in [6.45, 7) is 7.24. The van der Waals surface area contributed by atoms with E-state index >= 15 is 0 Å². The Bertz CT molecular complexity index is 373. The van der Waals surface area contributed by atoms with Gasteiger partial charge < -0.3 is 20.7 Å². The van der Waals surface area contributed by atoms with Crippen LogP contribution in [0.5, 0.6) is 0 Å². The summed E-state index contributed by atoms with van der Waals surface area (Å²) in [5.41, 5.74) is 5.03. The van der Waals surface area contributed by atoms with E-state index in [1.54, 1.807) is 7.11 Å². The van der Waals surface area contributed by atoms with Crippen LogP contribution in [-0.2, 0) is 9.53 Å². The second kappa shape index (κ2) is 6.63. The third-order valence-electron chi connectivity index (χ3n) is 5.03. The summed E-state index contributed by atoms with van der Waals surface area (Å²) >= 11 is 0. The minimum absolute atomic E-state index is 0.0164. The Balaban J connectivity index is 1.77. The van der Waals surface area contributed by atoms with E-state index in [0.29, 0.717) is 6.04 Å². The molecule has 1 amide bonds. The van der Waals surface area contributed by atoms with E-state index in [1.807, 2.05) is 6.92 Å². The van der Waals surface area contributed by atoms with Crippen molar-refractivity contribution in [2.24, 2.45) is 5.73 Å². The van der Waals surface area contributed by atoms with Crippen molar-refractivity contribution >= 4 is 5.91 Å². The van der Waals surface area contributed by atoms with Crippen molar-refractivity contribution in [3.63, 3.8) is 0 Å². The fourth-order valence-corrected chi connectivity index (χ4v) is 3.27. The zero-order chi connectivity index (χ0) is 15.5. The smallest absolute Gasteiger partial charge is 0.237 e. The third-order valence-corrected chi connectivity index (χ3v) is 5.03. The van der Waals surface area contributed by atoms with Gasteiger partial charge in [-0.15, -0.1) is 0 Å². The van der Waals surface area contributed by atoms with Crippen molar-refractivity contribution in [3.05, 3.63) is 0 Å². The Morgan fingerprint density at radius 1 is 1.52 bits per heavy atom.